The normalized spacial score (nSPS) is 17.2. The SMILES string of the molecule is CCNC1CN(c2ccccc2)C1. The van der Waals surface area contributed by atoms with Crippen LogP contribution in [0.1, 0.15) is 6.92 Å². The molecule has 0 bridgehead atoms. The molecular weight excluding hydrogens is 160 g/mol. The topological polar surface area (TPSA) is 15.3 Å². The number of likely N-dealkylation sites (N-methyl/N-ethyl adjacent to an activating group) is 1. The van der Waals surface area contributed by atoms with Gasteiger partial charge in [0.25, 0.3) is 0 Å². The van der Waals surface area contributed by atoms with Crippen LogP contribution in [0, 0.1) is 0 Å². The van der Waals surface area contributed by atoms with Crippen molar-refractivity contribution < 1.29 is 0 Å². The second kappa shape index (κ2) is 3.79. The molecule has 0 unspecified atom stereocenters. The molecule has 1 saturated heterocycles. The van der Waals surface area contributed by atoms with Crippen LogP contribution < -0.4 is 10.2 Å². The minimum atomic E-state index is 0.699. The molecule has 70 valence electrons. The average molecular weight is 176 g/mol. The first-order chi connectivity index (χ1) is 6.40. The summed E-state index contributed by atoms with van der Waals surface area (Å²) in [5, 5.41) is 3.44. The highest BCUT2D eigenvalue weighted by atomic mass is 15.2. The number of hydrogen-bond donors (Lipinski definition) is 1. The summed E-state index contributed by atoms with van der Waals surface area (Å²) < 4.78 is 0. The summed E-state index contributed by atoms with van der Waals surface area (Å²) in [4.78, 5) is 2.40. The van der Waals surface area contributed by atoms with Crippen molar-refractivity contribution in [3.8, 4) is 0 Å². The van der Waals surface area contributed by atoms with Crippen LogP contribution in [-0.2, 0) is 0 Å². The van der Waals surface area contributed by atoms with Crippen molar-refractivity contribution in [3.05, 3.63) is 30.3 Å². The number of benzene rings is 1. The Balaban J connectivity index is 1.87. The molecule has 0 spiro atoms. The molecule has 2 rings (SSSR count). The zero-order chi connectivity index (χ0) is 9.10. The monoisotopic (exact) mass is 176 g/mol. The molecule has 1 fully saturated rings. The van der Waals surface area contributed by atoms with E-state index in [4.69, 9.17) is 0 Å². The van der Waals surface area contributed by atoms with Gasteiger partial charge in [-0.2, -0.15) is 0 Å². The average Bonchev–Trinajstić information content (AvgIpc) is 2.12. The summed E-state index contributed by atoms with van der Waals surface area (Å²) in [6.45, 7) is 5.54. The summed E-state index contributed by atoms with van der Waals surface area (Å²) in [6, 6.07) is 11.3. The van der Waals surface area contributed by atoms with Crippen LogP contribution in [0.4, 0.5) is 5.69 Å². The van der Waals surface area contributed by atoms with Crippen LogP contribution in [-0.4, -0.2) is 25.7 Å². The van der Waals surface area contributed by atoms with Crippen LogP contribution in [0.25, 0.3) is 0 Å². The lowest BCUT2D eigenvalue weighted by atomic mass is 10.1. The summed E-state index contributed by atoms with van der Waals surface area (Å²) in [7, 11) is 0. The van der Waals surface area contributed by atoms with Gasteiger partial charge >= 0.3 is 0 Å². The number of nitrogens with one attached hydrogen (secondary N) is 1. The molecule has 0 aromatic heterocycles. The quantitative estimate of drug-likeness (QED) is 0.750. The summed E-state index contributed by atoms with van der Waals surface area (Å²) >= 11 is 0. The highest BCUT2D eigenvalue weighted by Crippen LogP contribution is 2.19. The van der Waals surface area contributed by atoms with E-state index in [0.717, 1.165) is 19.6 Å². The van der Waals surface area contributed by atoms with Crippen LogP contribution in [0.3, 0.4) is 0 Å². The van der Waals surface area contributed by atoms with Gasteiger partial charge in [0, 0.05) is 24.8 Å². The lowest BCUT2D eigenvalue weighted by molar-refractivity contribution is 0.429. The Labute approximate surface area is 79.6 Å². The maximum absolute atomic E-state index is 3.44. The maximum Gasteiger partial charge on any atom is 0.0420 e. The first kappa shape index (κ1) is 8.57. The molecule has 2 heteroatoms. The number of hydrogen-bond acceptors (Lipinski definition) is 2. The Hall–Kier alpha value is -1.02. The van der Waals surface area contributed by atoms with Crippen molar-refractivity contribution in [2.75, 3.05) is 24.5 Å². The second-order valence-electron chi connectivity index (χ2n) is 3.50. The Morgan fingerprint density at radius 2 is 2.00 bits per heavy atom. The minimum absolute atomic E-state index is 0.699. The first-order valence-corrected chi connectivity index (χ1v) is 4.93. The van der Waals surface area contributed by atoms with E-state index in [-0.39, 0.29) is 0 Å². The van der Waals surface area contributed by atoms with Crippen molar-refractivity contribution in [2.24, 2.45) is 0 Å². The molecule has 2 nitrogen and oxygen atoms in total. The lowest BCUT2D eigenvalue weighted by Crippen LogP contribution is -2.58. The van der Waals surface area contributed by atoms with E-state index < -0.39 is 0 Å². The Kier molecular flexibility index (Phi) is 2.50. The van der Waals surface area contributed by atoms with E-state index in [1.54, 1.807) is 0 Å². The van der Waals surface area contributed by atoms with Crippen molar-refractivity contribution in [2.45, 2.75) is 13.0 Å². The highest BCUT2D eigenvalue weighted by molar-refractivity contribution is 5.49. The third kappa shape index (κ3) is 1.83. The Morgan fingerprint density at radius 1 is 1.31 bits per heavy atom. The third-order valence-electron chi connectivity index (χ3n) is 2.50. The summed E-state index contributed by atoms with van der Waals surface area (Å²) in [5.41, 5.74) is 1.34. The third-order valence-corrected chi connectivity index (χ3v) is 2.50. The molecule has 0 aliphatic carbocycles. The van der Waals surface area contributed by atoms with Crippen molar-refractivity contribution in [1.29, 1.82) is 0 Å². The number of nitrogens with zero attached hydrogens (tertiary/aromatic N) is 1. The minimum Gasteiger partial charge on any atom is -0.368 e. The number of rotatable bonds is 3. The summed E-state index contributed by atoms with van der Waals surface area (Å²) in [6.07, 6.45) is 0. The molecule has 0 atom stereocenters. The van der Waals surface area contributed by atoms with E-state index >= 15 is 0 Å². The molecule has 1 aromatic rings. The summed E-state index contributed by atoms with van der Waals surface area (Å²) in [5.74, 6) is 0. The van der Waals surface area contributed by atoms with Gasteiger partial charge in [-0.15, -0.1) is 0 Å². The molecule has 1 heterocycles. The predicted octanol–water partition coefficient (Wildman–Crippen LogP) is 1.48. The van der Waals surface area contributed by atoms with Gasteiger partial charge in [-0.1, -0.05) is 25.1 Å². The molecule has 1 aliphatic rings. The van der Waals surface area contributed by atoms with E-state index in [2.05, 4.69) is 47.5 Å². The smallest absolute Gasteiger partial charge is 0.0420 e. The van der Waals surface area contributed by atoms with Gasteiger partial charge in [-0.05, 0) is 18.7 Å². The largest absolute Gasteiger partial charge is 0.368 e. The van der Waals surface area contributed by atoms with Gasteiger partial charge in [0.05, 0.1) is 0 Å². The van der Waals surface area contributed by atoms with Crippen molar-refractivity contribution >= 4 is 5.69 Å². The van der Waals surface area contributed by atoms with Gasteiger partial charge in [-0.25, -0.2) is 0 Å². The van der Waals surface area contributed by atoms with Crippen molar-refractivity contribution in [3.63, 3.8) is 0 Å². The van der Waals surface area contributed by atoms with Crippen LogP contribution in [0.15, 0.2) is 30.3 Å². The van der Waals surface area contributed by atoms with Gasteiger partial charge in [0.2, 0.25) is 0 Å². The highest BCUT2D eigenvalue weighted by Gasteiger charge is 2.25. The van der Waals surface area contributed by atoms with Gasteiger partial charge in [-0.3, -0.25) is 0 Å². The van der Waals surface area contributed by atoms with Crippen LogP contribution >= 0.6 is 0 Å². The van der Waals surface area contributed by atoms with Crippen LogP contribution in [0.2, 0.25) is 0 Å². The first-order valence-electron chi connectivity index (χ1n) is 4.93. The van der Waals surface area contributed by atoms with Gasteiger partial charge < -0.3 is 10.2 Å². The fraction of sp³-hybridized carbons (Fsp3) is 0.455. The molecule has 0 amide bonds. The Morgan fingerprint density at radius 3 is 2.62 bits per heavy atom. The second-order valence-corrected chi connectivity index (χ2v) is 3.50. The van der Waals surface area contributed by atoms with E-state index in [9.17, 15) is 0 Å². The molecule has 0 saturated carbocycles. The van der Waals surface area contributed by atoms with E-state index in [1.165, 1.54) is 5.69 Å². The fourth-order valence-electron chi connectivity index (χ4n) is 1.75. The molecule has 13 heavy (non-hydrogen) atoms. The maximum atomic E-state index is 3.44. The zero-order valence-corrected chi connectivity index (χ0v) is 8.03. The molecule has 0 radical (unpaired) electrons. The van der Waals surface area contributed by atoms with Crippen molar-refractivity contribution in [1.82, 2.24) is 5.32 Å². The molecule has 1 aliphatic heterocycles. The van der Waals surface area contributed by atoms with Gasteiger partial charge in [0.1, 0.15) is 0 Å². The Bertz CT molecular complexity index is 252. The molecule has 1 aromatic carbocycles. The lowest BCUT2D eigenvalue weighted by Gasteiger charge is -2.41. The van der Waals surface area contributed by atoms with E-state index in [0.29, 0.717) is 6.04 Å². The molecule has 1 N–H and O–H groups in total. The van der Waals surface area contributed by atoms with Crippen LogP contribution in [0.5, 0.6) is 0 Å². The zero-order valence-electron chi connectivity index (χ0n) is 8.03. The number of para-hydroxylation sites is 1. The van der Waals surface area contributed by atoms with E-state index in [1.807, 2.05) is 0 Å². The molecular formula is C11H16N2. The number of anilines is 1. The van der Waals surface area contributed by atoms with Gasteiger partial charge in [0.15, 0.2) is 0 Å². The predicted molar refractivity (Wildman–Crippen MR) is 56.1 cm³/mol. The fourth-order valence-corrected chi connectivity index (χ4v) is 1.75. The standard InChI is InChI=1S/C11H16N2/c1-2-12-10-8-13(9-10)11-6-4-3-5-7-11/h3-7,10,12H,2,8-9H2,1H3.